The summed E-state index contributed by atoms with van der Waals surface area (Å²) in [7, 11) is 1.48. The molecule has 0 aliphatic carbocycles. The summed E-state index contributed by atoms with van der Waals surface area (Å²) in [6.07, 6.45) is 0. The highest BCUT2D eigenvalue weighted by molar-refractivity contribution is 6.29. The molecule has 110 valence electrons. The first-order valence-corrected chi connectivity index (χ1v) is 6.90. The summed E-state index contributed by atoms with van der Waals surface area (Å²) in [4.78, 5) is 16.4. The van der Waals surface area contributed by atoms with Gasteiger partial charge in [0.1, 0.15) is 5.15 Å². The number of methoxy groups -OCH3 is 1. The van der Waals surface area contributed by atoms with Crippen LogP contribution in [0.5, 0.6) is 5.88 Å². The van der Waals surface area contributed by atoms with Gasteiger partial charge in [-0.05, 0) is 25.5 Å². The smallest absolute Gasteiger partial charge is 0.252 e. The van der Waals surface area contributed by atoms with Crippen LogP contribution in [0, 0.1) is 0 Å². The molecule has 2 rings (SSSR count). The maximum atomic E-state index is 12.4. The SMILES string of the molecule is COc1cc(C(=O)NC(C)(C)c2ccccc2)cc(Cl)n1. The second-order valence-corrected chi connectivity index (χ2v) is 5.55. The lowest BCUT2D eigenvalue weighted by Gasteiger charge is -2.27. The summed E-state index contributed by atoms with van der Waals surface area (Å²) >= 11 is 5.89. The average Bonchev–Trinajstić information content (AvgIpc) is 2.47. The fourth-order valence-electron chi connectivity index (χ4n) is 1.99. The van der Waals surface area contributed by atoms with E-state index in [-0.39, 0.29) is 11.1 Å². The first-order valence-electron chi connectivity index (χ1n) is 6.52. The summed E-state index contributed by atoms with van der Waals surface area (Å²) < 4.78 is 5.03. The highest BCUT2D eigenvalue weighted by Crippen LogP contribution is 2.21. The largest absolute Gasteiger partial charge is 0.481 e. The number of aromatic nitrogens is 1. The lowest BCUT2D eigenvalue weighted by Crippen LogP contribution is -2.41. The molecule has 0 aliphatic rings. The quantitative estimate of drug-likeness (QED) is 0.881. The van der Waals surface area contributed by atoms with E-state index in [2.05, 4.69) is 10.3 Å². The number of hydrogen-bond acceptors (Lipinski definition) is 3. The van der Waals surface area contributed by atoms with Gasteiger partial charge in [0.05, 0.1) is 12.6 Å². The van der Waals surface area contributed by atoms with Gasteiger partial charge in [0.15, 0.2) is 0 Å². The van der Waals surface area contributed by atoms with Crippen LogP contribution in [0.15, 0.2) is 42.5 Å². The molecule has 2 aromatic rings. The van der Waals surface area contributed by atoms with Crippen molar-refractivity contribution in [1.29, 1.82) is 0 Å². The second-order valence-electron chi connectivity index (χ2n) is 5.17. The van der Waals surface area contributed by atoms with Crippen molar-refractivity contribution >= 4 is 17.5 Å². The van der Waals surface area contributed by atoms with Crippen molar-refractivity contribution < 1.29 is 9.53 Å². The Morgan fingerprint density at radius 1 is 1.24 bits per heavy atom. The van der Waals surface area contributed by atoms with E-state index in [4.69, 9.17) is 16.3 Å². The van der Waals surface area contributed by atoms with Crippen LogP contribution < -0.4 is 10.1 Å². The summed E-state index contributed by atoms with van der Waals surface area (Å²) in [6.45, 7) is 3.89. The van der Waals surface area contributed by atoms with E-state index >= 15 is 0 Å². The van der Waals surface area contributed by atoms with Gasteiger partial charge in [-0.25, -0.2) is 4.98 Å². The Kier molecular flexibility index (Phi) is 4.48. The summed E-state index contributed by atoms with van der Waals surface area (Å²) in [5.41, 5.74) is 0.933. The fourth-order valence-corrected chi connectivity index (χ4v) is 2.19. The number of benzene rings is 1. The maximum absolute atomic E-state index is 12.4. The van der Waals surface area contributed by atoms with E-state index in [0.29, 0.717) is 11.4 Å². The van der Waals surface area contributed by atoms with Gasteiger partial charge < -0.3 is 10.1 Å². The van der Waals surface area contributed by atoms with E-state index in [0.717, 1.165) is 5.56 Å². The number of amides is 1. The molecule has 0 aliphatic heterocycles. The van der Waals surface area contributed by atoms with Gasteiger partial charge in [0, 0.05) is 11.6 Å². The molecule has 0 atom stereocenters. The van der Waals surface area contributed by atoms with Crippen LogP contribution in [0.3, 0.4) is 0 Å². The first-order chi connectivity index (χ1) is 9.92. The Bertz CT molecular complexity index is 642. The fraction of sp³-hybridized carbons (Fsp3) is 0.250. The van der Waals surface area contributed by atoms with Crippen LogP contribution in [0.4, 0.5) is 0 Å². The van der Waals surface area contributed by atoms with Gasteiger partial charge in [-0.2, -0.15) is 0 Å². The van der Waals surface area contributed by atoms with E-state index in [9.17, 15) is 4.79 Å². The molecule has 1 amide bonds. The molecular formula is C16H17ClN2O2. The maximum Gasteiger partial charge on any atom is 0.252 e. The number of halogens is 1. The molecule has 21 heavy (non-hydrogen) atoms. The van der Waals surface area contributed by atoms with E-state index in [1.807, 2.05) is 44.2 Å². The number of nitrogens with one attached hydrogen (secondary N) is 1. The van der Waals surface area contributed by atoms with Gasteiger partial charge >= 0.3 is 0 Å². The Balaban J connectivity index is 2.23. The highest BCUT2D eigenvalue weighted by Gasteiger charge is 2.23. The molecule has 1 N–H and O–H groups in total. The minimum atomic E-state index is -0.499. The Labute approximate surface area is 129 Å². The van der Waals surface area contributed by atoms with Crippen LogP contribution in [-0.2, 0) is 5.54 Å². The lowest BCUT2D eigenvalue weighted by molar-refractivity contribution is 0.0911. The van der Waals surface area contributed by atoms with Crippen LogP contribution in [0.1, 0.15) is 29.8 Å². The normalized spacial score (nSPS) is 11.0. The third kappa shape index (κ3) is 3.73. The minimum Gasteiger partial charge on any atom is -0.481 e. The standard InChI is InChI=1S/C16H17ClN2O2/c1-16(2,12-7-5-4-6-8-12)19-15(20)11-9-13(17)18-14(10-11)21-3/h4-10H,1-3H3,(H,19,20). The van der Waals surface area contributed by atoms with E-state index in [1.54, 1.807) is 6.07 Å². The number of ether oxygens (including phenoxy) is 1. The number of pyridine rings is 1. The highest BCUT2D eigenvalue weighted by atomic mass is 35.5. The van der Waals surface area contributed by atoms with Crippen LogP contribution in [0.2, 0.25) is 5.15 Å². The molecule has 4 nitrogen and oxygen atoms in total. The van der Waals surface area contributed by atoms with Crippen LogP contribution in [-0.4, -0.2) is 18.0 Å². The molecule has 0 saturated heterocycles. The molecule has 0 unspecified atom stereocenters. The molecule has 5 heteroatoms. The van der Waals surface area contributed by atoms with Crippen molar-refractivity contribution in [2.75, 3.05) is 7.11 Å². The molecule has 1 aromatic heterocycles. The zero-order valence-corrected chi connectivity index (χ0v) is 12.9. The molecule has 1 aromatic carbocycles. The lowest BCUT2D eigenvalue weighted by atomic mass is 9.94. The third-order valence-electron chi connectivity index (χ3n) is 3.16. The first kappa shape index (κ1) is 15.3. The topological polar surface area (TPSA) is 51.2 Å². The van der Waals surface area contributed by atoms with E-state index < -0.39 is 5.54 Å². The Hall–Kier alpha value is -2.07. The number of carbonyl (C=O) groups is 1. The molecule has 0 bridgehead atoms. The van der Waals surface area contributed by atoms with Gasteiger partial charge in [0.2, 0.25) is 5.88 Å². The van der Waals surface area contributed by atoms with Gasteiger partial charge in [0.25, 0.3) is 5.91 Å². The predicted octanol–water partition coefficient (Wildman–Crippen LogP) is 3.41. The van der Waals surface area contributed by atoms with Gasteiger partial charge in [-0.3, -0.25) is 4.79 Å². The summed E-state index contributed by atoms with van der Waals surface area (Å²) in [6, 6.07) is 12.8. The van der Waals surface area contributed by atoms with Crippen molar-refractivity contribution in [3.63, 3.8) is 0 Å². The molecule has 1 heterocycles. The average molecular weight is 305 g/mol. The van der Waals surface area contributed by atoms with Gasteiger partial charge in [-0.1, -0.05) is 41.9 Å². The molecule has 0 spiro atoms. The summed E-state index contributed by atoms with van der Waals surface area (Å²) in [5.74, 6) is 0.0802. The van der Waals surface area contributed by atoms with Crippen molar-refractivity contribution in [2.24, 2.45) is 0 Å². The Morgan fingerprint density at radius 2 is 1.90 bits per heavy atom. The second kappa shape index (κ2) is 6.14. The minimum absolute atomic E-state index is 0.219. The van der Waals surface area contributed by atoms with Crippen molar-refractivity contribution in [3.05, 3.63) is 58.7 Å². The van der Waals surface area contributed by atoms with Crippen molar-refractivity contribution in [2.45, 2.75) is 19.4 Å². The monoisotopic (exact) mass is 304 g/mol. The number of nitrogens with zero attached hydrogens (tertiary/aromatic N) is 1. The van der Waals surface area contributed by atoms with E-state index in [1.165, 1.54) is 13.2 Å². The van der Waals surface area contributed by atoms with Crippen molar-refractivity contribution in [3.8, 4) is 5.88 Å². The molecule has 0 saturated carbocycles. The van der Waals surface area contributed by atoms with Crippen LogP contribution in [0.25, 0.3) is 0 Å². The summed E-state index contributed by atoms with van der Waals surface area (Å²) in [5, 5.41) is 3.21. The van der Waals surface area contributed by atoms with Gasteiger partial charge in [-0.15, -0.1) is 0 Å². The molecule has 0 radical (unpaired) electrons. The zero-order valence-electron chi connectivity index (χ0n) is 12.2. The number of carbonyl (C=O) groups excluding carboxylic acids is 1. The Morgan fingerprint density at radius 3 is 2.52 bits per heavy atom. The molecule has 0 fully saturated rings. The van der Waals surface area contributed by atoms with Crippen molar-refractivity contribution in [1.82, 2.24) is 10.3 Å². The molecular weight excluding hydrogens is 288 g/mol. The van der Waals surface area contributed by atoms with Crippen LogP contribution >= 0.6 is 11.6 Å². The zero-order chi connectivity index (χ0) is 15.5. The third-order valence-corrected chi connectivity index (χ3v) is 3.36. The number of hydrogen-bond donors (Lipinski definition) is 1. The number of rotatable bonds is 4. The predicted molar refractivity (Wildman–Crippen MR) is 82.7 cm³/mol.